The molecule has 102 valence electrons. The van der Waals surface area contributed by atoms with E-state index in [0.29, 0.717) is 17.5 Å². The molecule has 1 aliphatic rings. The van der Waals surface area contributed by atoms with Crippen LogP contribution in [-0.4, -0.2) is 48.8 Å². The van der Waals surface area contributed by atoms with Gasteiger partial charge in [-0.05, 0) is 18.7 Å². The summed E-state index contributed by atoms with van der Waals surface area (Å²) >= 11 is 0. The number of hydrogen-bond acceptors (Lipinski definition) is 5. The minimum absolute atomic E-state index is 0.00884. The van der Waals surface area contributed by atoms with E-state index in [1.165, 1.54) is 6.07 Å². The summed E-state index contributed by atoms with van der Waals surface area (Å²) in [7, 11) is 0. The van der Waals surface area contributed by atoms with Crippen LogP contribution in [0.2, 0.25) is 0 Å². The molecule has 1 saturated heterocycles. The fraction of sp³-hybridized carbons (Fsp3) is 0.462. The Morgan fingerprint density at radius 3 is 2.53 bits per heavy atom. The lowest BCUT2D eigenvalue weighted by atomic mass is 10.1. The zero-order valence-corrected chi connectivity index (χ0v) is 10.9. The van der Waals surface area contributed by atoms with Gasteiger partial charge in [0.15, 0.2) is 0 Å². The van der Waals surface area contributed by atoms with Crippen LogP contribution in [0.15, 0.2) is 18.2 Å². The smallest absolute Gasteiger partial charge is 0.293 e. The summed E-state index contributed by atoms with van der Waals surface area (Å²) in [6, 6.07) is 4.64. The number of nitrogens with zero attached hydrogens (tertiary/aromatic N) is 3. The first-order valence-electron chi connectivity index (χ1n) is 6.36. The largest absolute Gasteiger partial charge is 0.363 e. The SMILES string of the molecule is CCN1CCN(c2ccc(C=O)cc2[N+](=O)[O-])CC1. The zero-order valence-electron chi connectivity index (χ0n) is 10.9. The Labute approximate surface area is 111 Å². The van der Waals surface area contributed by atoms with Crippen LogP contribution >= 0.6 is 0 Å². The summed E-state index contributed by atoms with van der Waals surface area (Å²) in [6.07, 6.45) is 0.631. The summed E-state index contributed by atoms with van der Waals surface area (Å²) in [5.41, 5.74) is 0.948. The fourth-order valence-corrected chi connectivity index (χ4v) is 2.33. The quantitative estimate of drug-likeness (QED) is 0.468. The van der Waals surface area contributed by atoms with Gasteiger partial charge in [-0.1, -0.05) is 6.92 Å². The molecule has 0 radical (unpaired) electrons. The Kier molecular flexibility index (Phi) is 4.11. The number of aldehydes is 1. The van der Waals surface area contributed by atoms with Crippen molar-refractivity contribution >= 4 is 17.7 Å². The number of carbonyl (C=O) groups excluding carboxylic acids is 1. The highest BCUT2D eigenvalue weighted by molar-refractivity contribution is 5.79. The van der Waals surface area contributed by atoms with Crippen LogP contribution in [0.3, 0.4) is 0 Å². The molecular formula is C13H17N3O3. The van der Waals surface area contributed by atoms with E-state index in [1.807, 2.05) is 4.90 Å². The van der Waals surface area contributed by atoms with E-state index in [0.717, 1.165) is 32.7 Å². The lowest BCUT2D eigenvalue weighted by molar-refractivity contribution is -0.384. The number of piperazine rings is 1. The zero-order chi connectivity index (χ0) is 13.8. The third-order valence-electron chi connectivity index (χ3n) is 3.49. The van der Waals surface area contributed by atoms with E-state index in [1.54, 1.807) is 12.1 Å². The molecule has 0 N–H and O–H groups in total. The van der Waals surface area contributed by atoms with Crippen LogP contribution in [-0.2, 0) is 0 Å². The van der Waals surface area contributed by atoms with Crippen LogP contribution in [0, 0.1) is 10.1 Å². The molecule has 0 unspecified atom stereocenters. The molecule has 1 aromatic carbocycles. The van der Waals surface area contributed by atoms with Gasteiger partial charge in [-0.3, -0.25) is 14.9 Å². The van der Waals surface area contributed by atoms with Gasteiger partial charge in [0.2, 0.25) is 0 Å². The summed E-state index contributed by atoms with van der Waals surface area (Å²) < 4.78 is 0. The minimum atomic E-state index is -0.422. The van der Waals surface area contributed by atoms with Crippen LogP contribution in [0.1, 0.15) is 17.3 Å². The standard InChI is InChI=1S/C13H17N3O3/c1-2-14-5-7-15(8-6-14)12-4-3-11(10-17)9-13(12)16(18)19/h3-4,9-10H,2,5-8H2,1H3. The Morgan fingerprint density at radius 2 is 2.00 bits per heavy atom. The number of benzene rings is 1. The molecule has 0 aliphatic carbocycles. The van der Waals surface area contributed by atoms with Gasteiger partial charge in [-0.25, -0.2) is 0 Å². The molecular weight excluding hydrogens is 246 g/mol. The number of nitro benzene ring substituents is 1. The average molecular weight is 263 g/mol. The highest BCUT2D eigenvalue weighted by Crippen LogP contribution is 2.29. The van der Waals surface area contributed by atoms with Gasteiger partial charge in [0.25, 0.3) is 5.69 Å². The van der Waals surface area contributed by atoms with Crippen molar-refractivity contribution in [1.29, 1.82) is 0 Å². The highest BCUT2D eigenvalue weighted by atomic mass is 16.6. The molecule has 2 rings (SSSR count). The van der Waals surface area contributed by atoms with E-state index in [-0.39, 0.29) is 5.69 Å². The third kappa shape index (κ3) is 2.90. The van der Waals surface area contributed by atoms with Crippen molar-refractivity contribution in [2.45, 2.75) is 6.92 Å². The van der Waals surface area contributed by atoms with E-state index in [9.17, 15) is 14.9 Å². The lowest BCUT2D eigenvalue weighted by Crippen LogP contribution is -2.46. The molecule has 6 nitrogen and oxygen atoms in total. The van der Waals surface area contributed by atoms with Crippen molar-refractivity contribution in [2.24, 2.45) is 0 Å². The summed E-state index contributed by atoms with van der Waals surface area (Å²) in [5.74, 6) is 0. The molecule has 6 heteroatoms. The van der Waals surface area contributed by atoms with Gasteiger partial charge in [0.1, 0.15) is 12.0 Å². The Morgan fingerprint density at radius 1 is 1.32 bits per heavy atom. The van der Waals surface area contributed by atoms with E-state index >= 15 is 0 Å². The van der Waals surface area contributed by atoms with Crippen molar-refractivity contribution in [3.8, 4) is 0 Å². The number of carbonyl (C=O) groups is 1. The van der Waals surface area contributed by atoms with Crippen molar-refractivity contribution < 1.29 is 9.72 Å². The summed E-state index contributed by atoms with van der Waals surface area (Å²) in [5, 5.41) is 11.1. The molecule has 1 aliphatic heterocycles. The molecule has 1 fully saturated rings. The number of rotatable bonds is 4. The van der Waals surface area contributed by atoms with Gasteiger partial charge < -0.3 is 9.80 Å². The van der Waals surface area contributed by atoms with Crippen LogP contribution in [0.5, 0.6) is 0 Å². The average Bonchev–Trinajstić information content (AvgIpc) is 2.46. The van der Waals surface area contributed by atoms with Crippen molar-refractivity contribution in [3.05, 3.63) is 33.9 Å². The molecule has 0 atom stereocenters. The second-order valence-electron chi connectivity index (χ2n) is 4.54. The van der Waals surface area contributed by atoms with Crippen LogP contribution in [0.25, 0.3) is 0 Å². The first-order valence-corrected chi connectivity index (χ1v) is 6.36. The Bertz CT molecular complexity index is 482. The molecule has 0 bridgehead atoms. The normalized spacial score (nSPS) is 16.4. The summed E-state index contributed by atoms with van der Waals surface area (Å²) in [6.45, 7) is 6.47. The van der Waals surface area contributed by atoms with Crippen LogP contribution < -0.4 is 4.90 Å². The maximum Gasteiger partial charge on any atom is 0.293 e. The summed E-state index contributed by atoms with van der Waals surface area (Å²) in [4.78, 5) is 25.7. The lowest BCUT2D eigenvalue weighted by Gasteiger charge is -2.35. The van der Waals surface area contributed by atoms with E-state index in [2.05, 4.69) is 11.8 Å². The molecule has 0 aromatic heterocycles. The third-order valence-corrected chi connectivity index (χ3v) is 3.49. The second kappa shape index (κ2) is 5.79. The highest BCUT2D eigenvalue weighted by Gasteiger charge is 2.23. The predicted molar refractivity (Wildman–Crippen MR) is 72.8 cm³/mol. The van der Waals surface area contributed by atoms with Gasteiger partial charge in [-0.2, -0.15) is 0 Å². The fourth-order valence-electron chi connectivity index (χ4n) is 2.33. The number of nitro groups is 1. The maximum atomic E-state index is 11.1. The van der Waals surface area contributed by atoms with Crippen molar-refractivity contribution in [3.63, 3.8) is 0 Å². The molecule has 0 amide bonds. The maximum absolute atomic E-state index is 11.1. The van der Waals surface area contributed by atoms with Gasteiger partial charge >= 0.3 is 0 Å². The minimum Gasteiger partial charge on any atom is -0.363 e. The first-order chi connectivity index (χ1) is 9.15. The van der Waals surface area contributed by atoms with Gasteiger partial charge in [0.05, 0.1) is 4.92 Å². The Balaban J connectivity index is 2.24. The van der Waals surface area contributed by atoms with E-state index in [4.69, 9.17) is 0 Å². The monoisotopic (exact) mass is 263 g/mol. The number of anilines is 1. The molecule has 0 spiro atoms. The topological polar surface area (TPSA) is 66.7 Å². The predicted octanol–water partition coefficient (Wildman–Crippen LogP) is 1.55. The molecule has 1 heterocycles. The second-order valence-corrected chi connectivity index (χ2v) is 4.54. The molecule has 19 heavy (non-hydrogen) atoms. The van der Waals surface area contributed by atoms with E-state index < -0.39 is 4.92 Å². The molecule has 0 saturated carbocycles. The molecule has 1 aromatic rings. The van der Waals surface area contributed by atoms with Crippen LogP contribution in [0.4, 0.5) is 11.4 Å². The number of hydrogen-bond donors (Lipinski definition) is 0. The van der Waals surface area contributed by atoms with Gasteiger partial charge in [0, 0.05) is 37.8 Å². The van der Waals surface area contributed by atoms with Gasteiger partial charge in [-0.15, -0.1) is 0 Å². The first kappa shape index (κ1) is 13.5. The van der Waals surface area contributed by atoms with Crippen molar-refractivity contribution in [2.75, 3.05) is 37.6 Å². The van der Waals surface area contributed by atoms with Crippen molar-refractivity contribution in [1.82, 2.24) is 4.90 Å². The Hall–Kier alpha value is -1.95. The number of likely N-dealkylation sites (N-methyl/N-ethyl adjacent to an activating group) is 1.